The molecule has 0 aromatic heterocycles. The summed E-state index contributed by atoms with van der Waals surface area (Å²) >= 11 is 6.22. The molecule has 126 valence electrons. The molecule has 1 aromatic rings. The van der Waals surface area contributed by atoms with Crippen molar-refractivity contribution in [3.63, 3.8) is 0 Å². The van der Waals surface area contributed by atoms with Crippen LogP contribution in [0, 0.1) is 0 Å². The molecule has 0 atom stereocenters. The summed E-state index contributed by atoms with van der Waals surface area (Å²) in [5.74, 6) is -0.236. The molecular weight excluding hydrogens is 316 g/mol. The fourth-order valence-electron chi connectivity index (χ4n) is 2.63. The minimum Gasteiger partial charge on any atom is -0.359 e. The minimum atomic E-state index is -0.411. The van der Waals surface area contributed by atoms with E-state index in [-0.39, 0.29) is 5.91 Å². The maximum atomic E-state index is 11.9. The molecule has 3 amide bonds. The molecule has 1 aliphatic rings. The molecule has 2 rings (SSSR count). The predicted octanol–water partition coefficient (Wildman–Crippen LogP) is 0.281. The summed E-state index contributed by atoms with van der Waals surface area (Å²) in [6.07, 6.45) is 0.844. The number of nitrogens with zero attached hydrogens (tertiary/aromatic N) is 1. The lowest BCUT2D eigenvalue weighted by Crippen LogP contribution is -3.16. The Bertz CT molecular complexity index is 545. The lowest BCUT2D eigenvalue weighted by molar-refractivity contribution is -0.892. The summed E-state index contributed by atoms with van der Waals surface area (Å²) in [4.78, 5) is 26.7. The van der Waals surface area contributed by atoms with Gasteiger partial charge in [-0.1, -0.05) is 30.7 Å². The first kappa shape index (κ1) is 17.6. The maximum Gasteiger partial charge on any atom is 0.321 e. The summed E-state index contributed by atoms with van der Waals surface area (Å²) in [7, 11) is 0. The van der Waals surface area contributed by atoms with Crippen molar-refractivity contribution in [2.75, 3.05) is 44.2 Å². The Kier molecular flexibility index (Phi) is 6.67. The van der Waals surface area contributed by atoms with Gasteiger partial charge in [-0.3, -0.25) is 10.1 Å². The SMILES string of the molecule is CCCNC(=O)NC(=O)C[NH+]1CCN(c2ccccc2Cl)CC1. The first-order chi connectivity index (χ1) is 11.1. The van der Waals surface area contributed by atoms with Gasteiger partial charge in [0.15, 0.2) is 6.54 Å². The molecule has 7 heteroatoms. The van der Waals surface area contributed by atoms with Crippen molar-refractivity contribution in [3.05, 3.63) is 29.3 Å². The molecule has 6 nitrogen and oxygen atoms in total. The fraction of sp³-hybridized carbons (Fsp3) is 0.500. The highest BCUT2D eigenvalue weighted by molar-refractivity contribution is 6.33. The van der Waals surface area contributed by atoms with E-state index in [2.05, 4.69) is 15.5 Å². The van der Waals surface area contributed by atoms with Crippen LogP contribution in [0.1, 0.15) is 13.3 Å². The summed E-state index contributed by atoms with van der Waals surface area (Å²) in [6, 6.07) is 7.38. The second-order valence-electron chi connectivity index (χ2n) is 5.67. The molecule has 0 bridgehead atoms. The first-order valence-corrected chi connectivity index (χ1v) is 8.38. The van der Waals surface area contributed by atoms with E-state index in [0.717, 1.165) is 43.3 Å². The van der Waals surface area contributed by atoms with Crippen LogP contribution < -0.4 is 20.4 Å². The molecule has 0 saturated carbocycles. The number of carbonyl (C=O) groups is 2. The molecule has 1 aromatic carbocycles. The number of carbonyl (C=O) groups excluding carboxylic acids is 2. The summed E-state index contributed by atoms with van der Waals surface area (Å²) < 4.78 is 0. The van der Waals surface area contributed by atoms with Gasteiger partial charge < -0.3 is 15.1 Å². The van der Waals surface area contributed by atoms with E-state index in [4.69, 9.17) is 11.6 Å². The number of benzene rings is 1. The fourth-order valence-corrected chi connectivity index (χ4v) is 2.88. The van der Waals surface area contributed by atoms with E-state index in [1.807, 2.05) is 31.2 Å². The van der Waals surface area contributed by atoms with Gasteiger partial charge in [0, 0.05) is 6.54 Å². The van der Waals surface area contributed by atoms with Crippen LogP contribution in [0.15, 0.2) is 24.3 Å². The number of para-hydroxylation sites is 1. The van der Waals surface area contributed by atoms with Crippen molar-refractivity contribution in [3.8, 4) is 0 Å². The van der Waals surface area contributed by atoms with Crippen LogP contribution in [0.3, 0.4) is 0 Å². The number of imide groups is 1. The molecule has 0 spiro atoms. The van der Waals surface area contributed by atoms with Gasteiger partial charge in [0.2, 0.25) is 0 Å². The Morgan fingerprint density at radius 2 is 1.96 bits per heavy atom. The van der Waals surface area contributed by atoms with Crippen LogP contribution in [0.25, 0.3) is 0 Å². The van der Waals surface area contributed by atoms with Gasteiger partial charge in [-0.05, 0) is 18.6 Å². The van der Waals surface area contributed by atoms with Gasteiger partial charge in [0.1, 0.15) is 0 Å². The van der Waals surface area contributed by atoms with E-state index in [9.17, 15) is 9.59 Å². The number of urea groups is 1. The zero-order valence-corrected chi connectivity index (χ0v) is 14.2. The monoisotopic (exact) mass is 339 g/mol. The highest BCUT2D eigenvalue weighted by Gasteiger charge is 2.23. The number of amides is 3. The molecule has 23 heavy (non-hydrogen) atoms. The van der Waals surface area contributed by atoms with E-state index in [0.29, 0.717) is 13.1 Å². The van der Waals surface area contributed by atoms with Gasteiger partial charge in [-0.25, -0.2) is 4.79 Å². The van der Waals surface area contributed by atoms with Crippen LogP contribution in [0.4, 0.5) is 10.5 Å². The molecule has 1 aliphatic heterocycles. The van der Waals surface area contributed by atoms with Crippen LogP contribution in [-0.4, -0.2) is 51.2 Å². The zero-order chi connectivity index (χ0) is 16.7. The Morgan fingerprint density at radius 1 is 1.26 bits per heavy atom. The number of anilines is 1. The number of rotatable bonds is 5. The van der Waals surface area contributed by atoms with Crippen molar-refractivity contribution in [1.29, 1.82) is 0 Å². The number of nitrogens with one attached hydrogen (secondary N) is 3. The highest BCUT2D eigenvalue weighted by Crippen LogP contribution is 2.24. The Labute approximate surface area is 141 Å². The van der Waals surface area contributed by atoms with Crippen LogP contribution in [0.5, 0.6) is 0 Å². The summed E-state index contributed by atoms with van der Waals surface area (Å²) in [6.45, 7) is 6.22. The molecule has 0 radical (unpaired) electrons. The van der Waals surface area contributed by atoms with Gasteiger partial charge in [0.25, 0.3) is 5.91 Å². The average molecular weight is 340 g/mol. The summed E-state index contributed by atoms with van der Waals surface area (Å²) in [5, 5.41) is 5.75. The van der Waals surface area contributed by atoms with Crippen molar-refractivity contribution >= 4 is 29.2 Å². The van der Waals surface area contributed by atoms with E-state index in [1.54, 1.807) is 0 Å². The van der Waals surface area contributed by atoms with Gasteiger partial charge in [-0.15, -0.1) is 0 Å². The van der Waals surface area contributed by atoms with E-state index >= 15 is 0 Å². The van der Waals surface area contributed by atoms with Crippen molar-refractivity contribution in [2.24, 2.45) is 0 Å². The minimum absolute atomic E-state index is 0.236. The van der Waals surface area contributed by atoms with E-state index < -0.39 is 6.03 Å². The largest absolute Gasteiger partial charge is 0.359 e. The number of hydrogen-bond donors (Lipinski definition) is 3. The van der Waals surface area contributed by atoms with Crippen LogP contribution >= 0.6 is 11.6 Å². The quantitative estimate of drug-likeness (QED) is 0.722. The maximum absolute atomic E-state index is 11.9. The smallest absolute Gasteiger partial charge is 0.321 e. The molecule has 1 heterocycles. The third-order valence-corrected chi connectivity index (χ3v) is 4.18. The molecule has 1 saturated heterocycles. The second kappa shape index (κ2) is 8.74. The second-order valence-corrected chi connectivity index (χ2v) is 6.08. The number of halogens is 1. The Balaban J connectivity index is 1.75. The first-order valence-electron chi connectivity index (χ1n) is 8.01. The molecule has 0 unspecified atom stereocenters. The highest BCUT2D eigenvalue weighted by atomic mass is 35.5. The molecule has 3 N–H and O–H groups in total. The van der Waals surface area contributed by atoms with Gasteiger partial charge in [-0.2, -0.15) is 0 Å². The van der Waals surface area contributed by atoms with Crippen LogP contribution in [-0.2, 0) is 4.79 Å². The standard InChI is InChI=1S/C16H23ClN4O2/c1-2-7-18-16(23)19-15(22)12-20-8-10-21(11-9-20)14-6-4-3-5-13(14)17/h3-6H,2,7-12H2,1H3,(H2,18,19,22,23)/p+1. The lowest BCUT2D eigenvalue weighted by Gasteiger charge is -2.33. The van der Waals surface area contributed by atoms with Crippen molar-refractivity contribution in [2.45, 2.75) is 13.3 Å². The third kappa shape index (κ3) is 5.41. The number of piperazine rings is 1. The Morgan fingerprint density at radius 3 is 2.61 bits per heavy atom. The van der Waals surface area contributed by atoms with Gasteiger partial charge >= 0.3 is 6.03 Å². The van der Waals surface area contributed by atoms with Gasteiger partial charge in [0.05, 0.1) is 36.9 Å². The van der Waals surface area contributed by atoms with Crippen LogP contribution in [0.2, 0.25) is 5.02 Å². The normalized spacial score (nSPS) is 15.3. The van der Waals surface area contributed by atoms with E-state index in [1.165, 1.54) is 4.90 Å². The molecule has 1 fully saturated rings. The molecular formula is C16H24ClN4O2+. The molecule has 0 aliphatic carbocycles. The Hall–Kier alpha value is -1.79. The number of quaternary nitrogens is 1. The zero-order valence-electron chi connectivity index (χ0n) is 13.4. The van der Waals surface area contributed by atoms with Crippen molar-refractivity contribution < 1.29 is 14.5 Å². The lowest BCUT2D eigenvalue weighted by atomic mass is 10.2. The average Bonchev–Trinajstić information content (AvgIpc) is 2.54. The van der Waals surface area contributed by atoms with Crippen molar-refractivity contribution in [1.82, 2.24) is 10.6 Å². The predicted molar refractivity (Wildman–Crippen MR) is 91.1 cm³/mol. The number of hydrogen-bond acceptors (Lipinski definition) is 3. The summed E-state index contributed by atoms with van der Waals surface area (Å²) in [5.41, 5.74) is 1.04. The third-order valence-electron chi connectivity index (χ3n) is 3.86. The topological polar surface area (TPSA) is 65.9 Å².